The number of hydrogen-bond donors (Lipinski definition) is 0. The summed E-state index contributed by atoms with van der Waals surface area (Å²) in [6.07, 6.45) is 5.77. The molecule has 0 saturated carbocycles. The van der Waals surface area contributed by atoms with E-state index in [0.717, 1.165) is 16.8 Å². The minimum atomic E-state index is 0.473. The topological polar surface area (TPSA) is 17.8 Å². The Morgan fingerprint density at radius 3 is 2.53 bits per heavy atom. The van der Waals surface area contributed by atoms with Crippen LogP contribution >= 0.6 is 0 Å². The Morgan fingerprint density at radius 1 is 1.40 bits per heavy atom. The van der Waals surface area contributed by atoms with E-state index < -0.39 is 0 Å². The van der Waals surface area contributed by atoms with Crippen molar-refractivity contribution in [3.63, 3.8) is 0 Å². The monoisotopic (exact) mass is 202 g/mol. The van der Waals surface area contributed by atoms with E-state index in [1.54, 1.807) is 6.20 Å². The lowest BCUT2D eigenvalue weighted by Gasteiger charge is -2.04. The van der Waals surface area contributed by atoms with Crippen molar-refractivity contribution in [2.45, 2.75) is 13.8 Å². The van der Waals surface area contributed by atoms with Crippen molar-refractivity contribution < 1.29 is 0 Å². The van der Waals surface area contributed by atoms with Gasteiger partial charge in [-0.25, -0.2) is 0 Å². The number of hydrogen-bond acceptors (Lipinski definition) is 1. The number of aryl methyl sites for hydroxylation is 1. The van der Waals surface area contributed by atoms with Crippen molar-refractivity contribution in [3.8, 4) is 0 Å². The average molecular weight is 202 g/mol. The van der Waals surface area contributed by atoms with E-state index in [-0.39, 0.29) is 0 Å². The predicted octanol–water partition coefficient (Wildman–Crippen LogP) is 3.20. The number of aromatic nitrogens is 2. The largest absolute Gasteiger partial charge is 0.268 e. The van der Waals surface area contributed by atoms with Gasteiger partial charge in [0, 0.05) is 13.2 Å². The van der Waals surface area contributed by atoms with E-state index >= 15 is 0 Å². The average Bonchev–Trinajstić information content (AvgIpc) is 2.60. The fourth-order valence-corrected chi connectivity index (χ4v) is 1.17. The Balaban J connectivity index is 2.73. The second kappa shape index (κ2) is 4.78. The van der Waals surface area contributed by atoms with E-state index in [9.17, 15) is 0 Å². The van der Waals surface area contributed by atoms with Gasteiger partial charge in [-0.1, -0.05) is 44.7 Å². The lowest BCUT2D eigenvalue weighted by atomic mass is 10.0. The molecule has 1 rings (SSSR count). The molecule has 0 N–H and O–H groups in total. The van der Waals surface area contributed by atoms with Crippen molar-refractivity contribution in [2.24, 2.45) is 13.0 Å². The Kier molecular flexibility index (Phi) is 3.67. The summed E-state index contributed by atoms with van der Waals surface area (Å²) < 4.78 is 1.81. The first-order valence-electron chi connectivity index (χ1n) is 5.06. The van der Waals surface area contributed by atoms with Crippen LogP contribution in [-0.2, 0) is 7.05 Å². The van der Waals surface area contributed by atoms with E-state index in [4.69, 9.17) is 0 Å². The molecular formula is C13H18N2. The smallest absolute Gasteiger partial charge is 0.0672 e. The van der Waals surface area contributed by atoms with Crippen molar-refractivity contribution in [1.29, 1.82) is 0 Å². The van der Waals surface area contributed by atoms with Gasteiger partial charge in [-0.3, -0.25) is 4.68 Å². The Hall–Kier alpha value is -1.57. The van der Waals surface area contributed by atoms with Crippen LogP contribution in [0.1, 0.15) is 19.5 Å². The third kappa shape index (κ3) is 2.94. The highest BCUT2D eigenvalue weighted by atomic mass is 15.3. The molecule has 1 aromatic heterocycles. The van der Waals surface area contributed by atoms with Gasteiger partial charge < -0.3 is 0 Å². The van der Waals surface area contributed by atoms with Gasteiger partial charge in [0.2, 0.25) is 0 Å². The third-order valence-corrected chi connectivity index (χ3v) is 2.39. The van der Waals surface area contributed by atoms with E-state index in [1.807, 2.05) is 29.9 Å². The highest BCUT2D eigenvalue weighted by Crippen LogP contribution is 2.15. The Bertz CT molecular complexity index is 394. The van der Waals surface area contributed by atoms with Crippen LogP contribution in [0.25, 0.3) is 5.57 Å². The van der Waals surface area contributed by atoms with Gasteiger partial charge in [0.1, 0.15) is 0 Å². The normalized spacial score (nSPS) is 11.2. The standard InChI is InChI=1S/C13H18N2/c1-10(2)11(3)6-7-12(4)13-8-9-14-15(13)5/h6-10H,3-4H2,1-2,5H3/b7-6-. The molecule has 2 nitrogen and oxygen atoms in total. The van der Waals surface area contributed by atoms with Gasteiger partial charge in [-0.05, 0) is 17.6 Å². The molecule has 0 aliphatic heterocycles. The summed E-state index contributed by atoms with van der Waals surface area (Å²) in [6, 6.07) is 1.95. The summed E-state index contributed by atoms with van der Waals surface area (Å²) in [5.74, 6) is 0.473. The highest BCUT2D eigenvalue weighted by Gasteiger charge is 2.00. The van der Waals surface area contributed by atoms with Crippen LogP contribution < -0.4 is 0 Å². The molecule has 0 atom stereocenters. The first-order valence-corrected chi connectivity index (χ1v) is 5.06. The molecule has 0 fully saturated rings. The number of nitrogens with zero attached hydrogens (tertiary/aromatic N) is 2. The SMILES string of the molecule is C=C(/C=C\C(=C)C(C)C)c1ccnn1C. The molecule has 0 spiro atoms. The van der Waals surface area contributed by atoms with Crippen LogP contribution in [0.2, 0.25) is 0 Å². The summed E-state index contributed by atoms with van der Waals surface area (Å²) in [4.78, 5) is 0. The molecule has 0 aliphatic carbocycles. The molecule has 0 saturated heterocycles. The zero-order valence-electron chi connectivity index (χ0n) is 9.70. The fraction of sp³-hybridized carbons (Fsp3) is 0.308. The molecule has 0 unspecified atom stereocenters. The zero-order chi connectivity index (χ0) is 11.4. The summed E-state index contributed by atoms with van der Waals surface area (Å²) in [5.41, 5.74) is 3.10. The van der Waals surface area contributed by atoms with Crippen molar-refractivity contribution in [2.75, 3.05) is 0 Å². The minimum absolute atomic E-state index is 0.473. The van der Waals surface area contributed by atoms with Crippen molar-refractivity contribution in [3.05, 3.63) is 48.8 Å². The van der Waals surface area contributed by atoms with Crippen LogP contribution in [0, 0.1) is 5.92 Å². The number of rotatable bonds is 4. The van der Waals surface area contributed by atoms with Crippen molar-refractivity contribution in [1.82, 2.24) is 9.78 Å². The summed E-state index contributed by atoms with van der Waals surface area (Å²) in [5, 5.41) is 4.10. The van der Waals surface area contributed by atoms with Gasteiger partial charge >= 0.3 is 0 Å². The van der Waals surface area contributed by atoms with Gasteiger partial charge in [0.25, 0.3) is 0 Å². The first kappa shape index (κ1) is 11.5. The van der Waals surface area contributed by atoms with Crippen LogP contribution in [-0.4, -0.2) is 9.78 Å². The van der Waals surface area contributed by atoms with E-state index in [1.165, 1.54) is 0 Å². The first-order chi connectivity index (χ1) is 7.02. The summed E-state index contributed by atoms with van der Waals surface area (Å²) >= 11 is 0. The maximum absolute atomic E-state index is 4.10. The second-order valence-electron chi connectivity index (χ2n) is 3.93. The molecule has 1 heterocycles. The quantitative estimate of drug-likeness (QED) is 0.685. The predicted molar refractivity (Wildman–Crippen MR) is 65.4 cm³/mol. The summed E-state index contributed by atoms with van der Waals surface area (Å²) in [7, 11) is 1.91. The van der Waals surface area contributed by atoms with Crippen LogP contribution in [0.5, 0.6) is 0 Å². The molecule has 0 bridgehead atoms. The van der Waals surface area contributed by atoms with Gasteiger partial charge in [0.15, 0.2) is 0 Å². The zero-order valence-corrected chi connectivity index (χ0v) is 9.70. The fourth-order valence-electron chi connectivity index (χ4n) is 1.17. The third-order valence-electron chi connectivity index (χ3n) is 2.39. The van der Waals surface area contributed by atoms with Gasteiger partial charge in [0.05, 0.1) is 5.69 Å². The molecule has 15 heavy (non-hydrogen) atoms. The molecular weight excluding hydrogens is 184 g/mol. The highest BCUT2D eigenvalue weighted by molar-refractivity contribution is 5.70. The Morgan fingerprint density at radius 2 is 2.07 bits per heavy atom. The molecule has 0 amide bonds. The van der Waals surface area contributed by atoms with E-state index in [0.29, 0.717) is 5.92 Å². The van der Waals surface area contributed by atoms with Crippen molar-refractivity contribution >= 4 is 5.57 Å². The van der Waals surface area contributed by atoms with E-state index in [2.05, 4.69) is 32.1 Å². The Labute approximate surface area is 91.6 Å². The molecule has 1 aromatic rings. The maximum Gasteiger partial charge on any atom is 0.0672 e. The summed E-state index contributed by atoms with van der Waals surface area (Å²) in [6.45, 7) is 12.2. The van der Waals surface area contributed by atoms with Gasteiger partial charge in [-0.2, -0.15) is 5.10 Å². The van der Waals surface area contributed by atoms with Crippen LogP contribution in [0.15, 0.2) is 43.1 Å². The molecule has 80 valence electrons. The molecule has 2 heteroatoms. The molecule has 0 aliphatic rings. The second-order valence-corrected chi connectivity index (χ2v) is 3.93. The van der Waals surface area contributed by atoms with Gasteiger partial charge in [-0.15, -0.1) is 0 Å². The molecule has 0 radical (unpaired) electrons. The minimum Gasteiger partial charge on any atom is -0.268 e. The van der Waals surface area contributed by atoms with Crippen LogP contribution in [0.3, 0.4) is 0 Å². The lowest BCUT2D eigenvalue weighted by Crippen LogP contribution is -1.95. The van der Waals surface area contributed by atoms with Crippen LogP contribution in [0.4, 0.5) is 0 Å². The molecule has 0 aromatic carbocycles. The lowest BCUT2D eigenvalue weighted by molar-refractivity contribution is 0.757. The maximum atomic E-state index is 4.10. The number of allylic oxidation sites excluding steroid dienone is 4.